The van der Waals surface area contributed by atoms with Gasteiger partial charge in [0, 0.05) is 31.4 Å². The molecule has 7 nitrogen and oxygen atoms in total. The fourth-order valence-electron chi connectivity index (χ4n) is 3.15. The predicted molar refractivity (Wildman–Crippen MR) is 116 cm³/mol. The van der Waals surface area contributed by atoms with Crippen molar-refractivity contribution < 1.29 is 9.59 Å². The van der Waals surface area contributed by atoms with Crippen molar-refractivity contribution in [2.24, 2.45) is 5.41 Å². The largest absolute Gasteiger partial charge is 0.357 e. The Kier molecular flexibility index (Phi) is 7.19. The number of nitrogens with zero attached hydrogens (tertiary/aromatic N) is 3. The first kappa shape index (κ1) is 22.6. The van der Waals surface area contributed by atoms with Crippen LogP contribution in [0.4, 0.5) is 0 Å². The average Bonchev–Trinajstić information content (AvgIpc) is 3.00. The van der Waals surface area contributed by atoms with Crippen LogP contribution in [0.1, 0.15) is 37.0 Å². The maximum absolute atomic E-state index is 13.1. The van der Waals surface area contributed by atoms with E-state index in [2.05, 4.69) is 25.1 Å². The maximum atomic E-state index is 13.1. The zero-order valence-corrected chi connectivity index (χ0v) is 18.5. The molecule has 1 atom stereocenters. The van der Waals surface area contributed by atoms with Crippen LogP contribution < -0.4 is 10.6 Å². The summed E-state index contributed by atoms with van der Waals surface area (Å²) in [6.07, 6.45) is 0. The number of rotatable bonds is 7. The van der Waals surface area contributed by atoms with Gasteiger partial charge in [0.15, 0.2) is 0 Å². The number of nitrogens with one attached hydrogen (secondary N) is 2. The highest BCUT2D eigenvalue weighted by Gasteiger charge is 2.33. The molecule has 0 bridgehead atoms. The van der Waals surface area contributed by atoms with E-state index in [0.29, 0.717) is 12.2 Å². The van der Waals surface area contributed by atoms with Crippen molar-refractivity contribution in [3.63, 3.8) is 0 Å². The number of amides is 2. The molecule has 0 spiro atoms. The van der Waals surface area contributed by atoms with E-state index in [1.807, 2.05) is 72.1 Å². The summed E-state index contributed by atoms with van der Waals surface area (Å²) in [6, 6.07) is 9.17. The van der Waals surface area contributed by atoms with Gasteiger partial charge >= 0.3 is 0 Å². The van der Waals surface area contributed by atoms with Crippen LogP contribution in [-0.4, -0.2) is 60.0 Å². The number of aromatic nitrogens is 2. The van der Waals surface area contributed by atoms with Gasteiger partial charge in [0.05, 0.1) is 0 Å². The first-order chi connectivity index (χ1) is 13.6. The van der Waals surface area contributed by atoms with Gasteiger partial charge in [0.25, 0.3) is 5.91 Å². The molecule has 0 saturated carbocycles. The number of hydrogen-bond acceptors (Lipinski definition) is 4. The first-order valence-corrected chi connectivity index (χ1v) is 9.86. The molecule has 2 aromatic rings. The van der Waals surface area contributed by atoms with Crippen LogP contribution in [0.25, 0.3) is 11.4 Å². The topological polar surface area (TPSA) is 79.3 Å². The smallest absolute Gasteiger partial charge is 0.272 e. The van der Waals surface area contributed by atoms with Crippen LogP contribution >= 0.6 is 0 Å². The number of carbonyl (C=O) groups is 2. The van der Waals surface area contributed by atoms with Crippen LogP contribution in [-0.2, 0) is 11.3 Å². The van der Waals surface area contributed by atoms with Crippen LogP contribution in [0.3, 0.4) is 0 Å². The molecule has 0 aliphatic rings. The summed E-state index contributed by atoms with van der Waals surface area (Å²) in [4.78, 5) is 32.2. The highest BCUT2D eigenvalue weighted by Crippen LogP contribution is 2.24. The highest BCUT2D eigenvalue weighted by atomic mass is 16.2. The van der Waals surface area contributed by atoms with E-state index in [-0.39, 0.29) is 11.8 Å². The Morgan fingerprint density at radius 2 is 1.79 bits per heavy atom. The Morgan fingerprint density at radius 1 is 1.17 bits per heavy atom. The van der Waals surface area contributed by atoms with Crippen molar-refractivity contribution in [1.82, 2.24) is 25.1 Å². The van der Waals surface area contributed by atoms with Gasteiger partial charge in [-0.25, -0.2) is 4.98 Å². The Hall–Kier alpha value is -2.67. The van der Waals surface area contributed by atoms with E-state index in [1.54, 1.807) is 7.05 Å². The van der Waals surface area contributed by atoms with E-state index in [0.717, 1.165) is 23.6 Å². The quantitative estimate of drug-likeness (QED) is 0.749. The molecule has 0 radical (unpaired) electrons. The molecule has 29 heavy (non-hydrogen) atoms. The lowest BCUT2D eigenvalue weighted by atomic mass is 9.86. The molecular weight excluding hydrogens is 366 g/mol. The standard InChI is InChI=1S/C22H33N5O2/c1-15-17(20(28)25-18(21(29)23-5)22(2,3)4)24-19(16-11-9-8-10-12-16)27(15)14-13-26(6)7/h8-12,18H,13-14H2,1-7H3,(H,23,29)(H,25,28). The average molecular weight is 400 g/mol. The van der Waals surface area contributed by atoms with Gasteiger partial charge < -0.3 is 20.1 Å². The molecule has 0 aliphatic carbocycles. The molecule has 1 aromatic heterocycles. The van der Waals surface area contributed by atoms with E-state index < -0.39 is 11.5 Å². The lowest BCUT2D eigenvalue weighted by Gasteiger charge is -2.29. The van der Waals surface area contributed by atoms with Gasteiger partial charge in [-0.05, 0) is 26.4 Å². The number of hydrogen-bond donors (Lipinski definition) is 2. The fourth-order valence-corrected chi connectivity index (χ4v) is 3.15. The molecule has 1 aromatic carbocycles. The minimum Gasteiger partial charge on any atom is -0.357 e. The van der Waals surface area contributed by atoms with Crippen molar-refractivity contribution in [3.8, 4) is 11.4 Å². The van der Waals surface area contributed by atoms with Gasteiger partial charge in [0.2, 0.25) is 5.91 Å². The van der Waals surface area contributed by atoms with Crippen LogP contribution in [0, 0.1) is 12.3 Å². The zero-order valence-electron chi connectivity index (χ0n) is 18.5. The zero-order chi connectivity index (χ0) is 21.8. The third-order valence-corrected chi connectivity index (χ3v) is 4.89. The Balaban J connectivity index is 2.44. The third kappa shape index (κ3) is 5.44. The molecule has 2 rings (SSSR count). The van der Waals surface area contributed by atoms with Crippen molar-refractivity contribution in [2.45, 2.75) is 40.3 Å². The van der Waals surface area contributed by atoms with Crippen molar-refractivity contribution >= 4 is 11.8 Å². The van der Waals surface area contributed by atoms with E-state index in [1.165, 1.54) is 0 Å². The lowest BCUT2D eigenvalue weighted by molar-refractivity contribution is -0.124. The number of carbonyl (C=O) groups excluding carboxylic acids is 2. The second-order valence-corrected chi connectivity index (χ2v) is 8.58. The van der Waals surface area contributed by atoms with Crippen LogP contribution in [0.2, 0.25) is 0 Å². The molecular formula is C22H33N5O2. The normalized spacial score (nSPS) is 12.7. The first-order valence-electron chi connectivity index (χ1n) is 9.86. The van der Waals surface area contributed by atoms with Crippen molar-refractivity contribution in [3.05, 3.63) is 41.7 Å². The molecule has 158 valence electrons. The lowest BCUT2D eigenvalue weighted by Crippen LogP contribution is -2.53. The van der Waals surface area contributed by atoms with E-state index >= 15 is 0 Å². The van der Waals surface area contributed by atoms with Crippen LogP contribution in [0.5, 0.6) is 0 Å². The fraction of sp³-hybridized carbons (Fsp3) is 0.500. The SMILES string of the molecule is CNC(=O)C(NC(=O)c1nc(-c2ccccc2)n(CCN(C)C)c1C)C(C)(C)C. The second kappa shape index (κ2) is 9.22. The molecule has 1 heterocycles. The monoisotopic (exact) mass is 399 g/mol. The van der Waals surface area contributed by atoms with Gasteiger partial charge in [-0.1, -0.05) is 51.1 Å². The molecule has 0 saturated heterocycles. The minimum absolute atomic E-state index is 0.223. The Morgan fingerprint density at radius 3 is 2.31 bits per heavy atom. The van der Waals surface area contributed by atoms with E-state index in [4.69, 9.17) is 0 Å². The Labute approximate surface area is 173 Å². The molecule has 1 unspecified atom stereocenters. The van der Waals surface area contributed by atoms with Crippen molar-refractivity contribution in [1.29, 1.82) is 0 Å². The van der Waals surface area contributed by atoms with Crippen LogP contribution in [0.15, 0.2) is 30.3 Å². The van der Waals surface area contributed by atoms with Gasteiger partial charge in [0.1, 0.15) is 17.6 Å². The Bertz CT molecular complexity index is 850. The van der Waals surface area contributed by atoms with E-state index in [9.17, 15) is 9.59 Å². The van der Waals surface area contributed by atoms with Gasteiger partial charge in [-0.3, -0.25) is 9.59 Å². The predicted octanol–water partition coefficient (Wildman–Crippen LogP) is 2.31. The summed E-state index contributed by atoms with van der Waals surface area (Å²) < 4.78 is 2.07. The maximum Gasteiger partial charge on any atom is 0.272 e. The summed E-state index contributed by atoms with van der Waals surface area (Å²) in [5.41, 5.74) is 1.65. The summed E-state index contributed by atoms with van der Waals surface area (Å²) in [6.45, 7) is 9.19. The molecule has 2 N–H and O–H groups in total. The number of benzene rings is 1. The number of likely N-dealkylation sites (N-methyl/N-ethyl adjacent to an activating group) is 2. The highest BCUT2D eigenvalue weighted by molar-refractivity contribution is 5.97. The molecule has 2 amide bonds. The minimum atomic E-state index is -0.661. The summed E-state index contributed by atoms with van der Waals surface area (Å²) >= 11 is 0. The van der Waals surface area contributed by atoms with Gasteiger partial charge in [-0.2, -0.15) is 0 Å². The molecule has 0 fully saturated rings. The van der Waals surface area contributed by atoms with Gasteiger partial charge in [-0.15, -0.1) is 0 Å². The summed E-state index contributed by atoms with van der Waals surface area (Å²) in [7, 11) is 5.60. The molecule has 0 aliphatic heterocycles. The molecule has 7 heteroatoms. The number of imidazole rings is 1. The third-order valence-electron chi connectivity index (χ3n) is 4.89. The summed E-state index contributed by atoms with van der Waals surface area (Å²) in [5.74, 6) is 0.188. The summed E-state index contributed by atoms with van der Waals surface area (Å²) in [5, 5.41) is 5.52. The second-order valence-electron chi connectivity index (χ2n) is 8.58. The van der Waals surface area contributed by atoms with Crippen molar-refractivity contribution in [2.75, 3.05) is 27.7 Å².